The second-order valence-corrected chi connectivity index (χ2v) is 4.13. The van der Waals surface area contributed by atoms with E-state index in [0.29, 0.717) is 0 Å². The summed E-state index contributed by atoms with van der Waals surface area (Å²) in [4.78, 5) is 4.24. The van der Waals surface area contributed by atoms with E-state index in [0.717, 1.165) is 17.1 Å². The molecule has 3 heteroatoms. The molecule has 0 spiro atoms. The van der Waals surface area contributed by atoms with E-state index in [-0.39, 0.29) is 6.04 Å². The van der Waals surface area contributed by atoms with Crippen LogP contribution in [0.3, 0.4) is 0 Å². The van der Waals surface area contributed by atoms with E-state index in [1.54, 1.807) is 6.20 Å². The Bertz CT molecular complexity index is 439. The van der Waals surface area contributed by atoms with E-state index in [9.17, 15) is 0 Å². The molecule has 0 aliphatic rings. The van der Waals surface area contributed by atoms with Crippen molar-refractivity contribution in [2.75, 3.05) is 0 Å². The summed E-state index contributed by atoms with van der Waals surface area (Å²) in [5.74, 6) is 0. The van der Waals surface area contributed by atoms with Crippen LogP contribution in [0.1, 0.15) is 17.3 Å². The molecule has 0 bridgehead atoms. The number of hydrogen-bond acceptors (Lipinski definition) is 2. The number of hydrogen-bond donors (Lipinski definition) is 1. The molecule has 0 radical (unpaired) electrons. The van der Waals surface area contributed by atoms with Crippen LogP contribution in [0.4, 0.5) is 0 Å². The van der Waals surface area contributed by atoms with Gasteiger partial charge in [-0.3, -0.25) is 4.98 Å². The van der Waals surface area contributed by atoms with E-state index in [2.05, 4.69) is 4.98 Å². The fourth-order valence-electron chi connectivity index (χ4n) is 1.57. The van der Waals surface area contributed by atoms with Gasteiger partial charge in [0.15, 0.2) is 0 Å². The number of nitrogens with two attached hydrogens (primary N) is 1. The number of benzene rings is 1. The van der Waals surface area contributed by atoms with E-state index in [1.807, 2.05) is 42.5 Å². The second-order valence-electron chi connectivity index (χ2n) is 3.69. The number of nitrogens with zero attached hydrogens (tertiary/aromatic N) is 1. The molecule has 82 valence electrons. The second kappa shape index (κ2) is 5.10. The zero-order valence-corrected chi connectivity index (χ0v) is 9.56. The van der Waals surface area contributed by atoms with Crippen LogP contribution in [-0.4, -0.2) is 4.98 Å². The van der Waals surface area contributed by atoms with Gasteiger partial charge in [-0.25, -0.2) is 0 Å². The fourth-order valence-corrected chi connectivity index (χ4v) is 1.70. The Morgan fingerprint density at radius 1 is 1.12 bits per heavy atom. The van der Waals surface area contributed by atoms with Gasteiger partial charge in [0.25, 0.3) is 0 Å². The van der Waals surface area contributed by atoms with E-state index in [1.165, 1.54) is 5.56 Å². The molecule has 0 saturated carbocycles. The average molecular weight is 233 g/mol. The van der Waals surface area contributed by atoms with Crippen LogP contribution in [0.5, 0.6) is 0 Å². The number of aromatic nitrogens is 1. The van der Waals surface area contributed by atoms with Gasteiger partial charge in [-0.15, -0.1) is 0 Å². The summed E-state index contributed by atoms with van der Waals surface area (Å²) in [6.07, 6.45) is 2.53. The maximum Gasteiger partial charge on any atom is 0.0574 e. The summed E-state index contributed by atoms with van der Waals surface area (Å²) in [5.41, 5.74) is 8.15. The van der Waals surface area contributed by atoms with Gasteiger partial charge < -0.3 is 5.73 Å². The molecule has 1 heterocycles. The molecular formula is C13H13ClN2. The van der Waals surface area contributed by atoms with Gasteiger partial charge in [0.2, 0.25) is 0 Å². The van der Waals surface area contributed by atoms with Crippen molar-refractivity contribution < 1.29 is 0 Å². The van der Waals surface area contributed by atoms with Crippen molar-refractivity contribution in [3.63, 3.8) is 0 Å². The molecular weight excluding hydrogens is 220 g/mol. The summed E-state index contributed by atoms with van der Waals surface area (Å²) < 4.78 is 0. The molecule has 0 unspecified atom stereocenters. The first-order valence-electron chi connectivity index (χ1n) is 5.16. The minimum atomic E-state index is -0.0672. The summed E-state index contributed by atoms with van der Waals surface area (Å²) in [5, 5.41) is 0.746. The average Bonchev–Trinajstić information content (AvgIpc) is 2.33. The molecule has 0 aliphatic heterocycles. The molecule has 2 aromatic rings. The van der Waals surface area contributed by atoms with Crippen LogP contribution in [0.2, 0.25) is 5.02 Å². The zero-order chi connectivity index (χ0) is 11.4. The van der Waals surface area contributed by atoms with Gasteiger partial charge in [0.05, 0.1) is 11.7 Å². The lowest BCUT2D eigenvalue weighted by molar-refractivity contribution is 0.696. The van der Waals surface area contributed by atoms with Crippen molar-refractivity contribution in [2.45, 2.75) is 12.5 Å². The molecule has 16 heavy (non-hydrogen) atoms. The van der Waals surface area contributed by atoms with Crippen LogP contribution < -0.4 is 5.73 Å². The zero-order valence-electron chi connectivity index (χ0n) is 8.81. The Morgan fingerprint density at radius 3 is 2.50 bits per heavy atom. The van der Waals surface area contributed by atoms with Gasteiger partial charge in [-0.1, -0.05) is 29.8 Å². The Morgan fingerprint density at radius 2 is 1.88 bits per heavy atom. The Labute approximate surface area is 100 Å². The Balaban J connectivity index is 2.08. The molecule has 2 nitrogen and oxygen atoms in total. The predicted octanol–water partition coefficient (Wildman–Crippen LogP) is 2.98. The van der Waals surface area contributed by atoms with Crippen molar-refractivity contribution in [1.29, 1.82) is 0 Å². The Hall–Kier alpha value is -1.38. The van der Waals surface area contributed by atoms with Crippen molar-refractivity contribution in [3.8, 4) is 0 Å². The van der Waals surface area contributed by atoms with Crippen LogP contribution in [-0.2, 0) is 6.42 Å². The van der Waals surface area contributed by atoms with E-state index >= 15 is 0 Å². The fraction of sp³-hybridized carbons (Fsp3) is 0.154. The van der Waals surface area contributed by atoms with Crippen LogP contribution >= 0.6 is 11.6 Å². The first-order valence-corrected chi connectivity index (χ1v) is 5.54. The first-order chi connectivity index (χ1) is 7.75. The minimum Gasteiger partial charge on any atom is -0.322 e. The van der Waals surface area contributed by atoms with Gasteiger partial charge >= 0.3 is 0 Å². The van der Waals surface area contributed by atoms with Gasteiger partial charge in [-0.05, 0) is 36.2 Å². The molecule has 0 amide bonds. The summed E-state index contributed by atoms with van der Waals surface area (Å²) in [6, 6.07) is 13.5. The summed E-state index contributed by atoms with van der Waals surface area (Å²) in [7, 11) is 0. The smallest absolute Gasteiger partial charge is 0.0574 e. The van der Waals surface area contributed by atoms with Crippen LogP contribution in [0.15, 0.2) is 48.7 Å². The third-order valence-corrected chi connectivity index (χ3v) is 2.69. The largest absolute Gasteiger partial charge is 0.322 e. The van der Waals surface area contributed by atoms with Gasteiger partial charge in [-0.2, -0.15) is 0 Å². The standard InChI is InChI=1S/C13H13ClN2/c14-11-6-4-10(5-7-11)9-12(15)13-3-1-2-8-16-13/h1-8,12H,9,15H2/t12-/m0/s1. The highest BCUT2D eigenvalue weighted by atomic mass is 35.5. The third-order valence-electron chi connectivity index (χ3n) is 2.44. The Kier molecular flexibility index (Phi) is 3.54. The normalized spacial score (nSPS) is 12.4. The van der Waals surface area contributed by atoms with E-state index in [4.69, 9.17) is 17.3 Å². The molecule has 0 saturated heterocycles. The maximum absolute atomic E-state index is 6.07. The molecule has 1 aromatic heterocycles. The maximum atomic E-state index is 6.07. The quantitative estimate of drug-likeness (QED) is 0.884. The summed E-state index contributed by atoms with van der Waals surface area (Å²) >= 11 is 5.82. The first kappa shape index (κ1) is 11.1. The highest BCUT2D eigenvalue weighted by Gasteiger charge is 2.07. The lowest BCUT2D eigenvalue weighted by atomic mass is 10.0. The predicted molar refractivity (Wildman–Crippen MR) is 66.3 cm³/mol. The lowest BCUT2D eigenvalue weighted by Gasteiger charge is -2.10. The van der Waals surface area contributed by atoms with Gasteiger partial charge in [0.1, 0.15) is 0 Å². The highest BCUT2D eigenvalue weighted by molar-refractivity contribution is 6.30. The van der Waals surface area contributed by atoms with E-state index < -0.39 is 0 Å². The van der Waals surface area contributed by atoms with Crippen molar-refractivity contribution in [1.82, 2.24) is 4.98 Å². The molecule has 2 N–H and O–H groups in total. The minimum absolute atomic E-state index is 0.0672. The molecule has 2 rings (SSSR count). The van der Waals surface area contributed by atoms with Crippen LogP contribution in [0, 0.1) is 0 Å². The number of halogens is 1. The molecule has 0 fully saturated rings. The third kappa shape index (κ3) is 2.81. The highest BCUT2D eigenvalue weighted by Crippen LogP contribution is 2.16. The number of pyridine rings is 1. The SMILES string of the molecule is N[C@@H](Cc1ccc(Cl)cc1)c1ccccn1. The number of rotatable bonds is 3. The van der Waals surface area contributed by atoms with Crippen molar-refractivity contribution in [3.05, 3.63) is 64.9 Å². The monoisotopic (exact) mass is 232 g/mol. The topological polar surface area (TPSA) is 38.9 Å². The van der Waals surface area contributed by atoms with Crippen LogP contribution in [0.25, 0.3) is 0 Å². The summed E-state index contributed by atoms with van der Waals surface area (Å²) in [6.45, 7) is 0. The van der Waals surface area contributed by atoms with Gasteiger partial charge in [0, 0.05) is 11.2 Å². The molecule has 1 atom stereocenters. The molecule has 1 aromatic carbocycles. The van der Waals surface area contributed by atoms with Crippen molar-refractivity contribution >= 4 is 11.6 Å². The lowest BCUT2D eigenvalue weighted by Crippen LogP contribution is -2.14. The van der Waals surface area contributed by atoms with Crippen molar-refractivity contribution in [2.24, 2.45) is 5.73 Å². The molecule has 0 aliphatic carbocycles.